The van der Waals surface area contributed by atoms with Gasteiger partial charge in [0.1, 0.15) is 17.3 Å². The van der Waals surface area contributed by atoms with Crippen LogP contribution in [0.1, 0.15) is 18.6 Å². The Morgan fingerprint density at radius 1 is 0.905 bits per heavy atom. The zero-order valence-electron chi connectivity index (χ0n) is 11.6. The summed E-state index contributed by atoms with van der Waals surface area (Å²) in [4.78, 5) is 0. The van der Waals surface area contributed by atoms with E-state index in [1.807, 2.05) is 42.5 Å². The van der Waals surface area contributed by atoms with Crippen LogP contribution in [-0.2, 0) is 0 Å². The average molecular weight is 282 g/mol. The molecule has 21 heavy (non-hydrogen) atoms. The van der Waals surface area contributed by atoms with E-state index in [2.05, 4.69) is 0 Å². The number of hydrogen-bond donors (Lipinski definition) is 1. The highest BCUT2D eigenvalue weighted by atomic mass is 19.1. The molecule has 1 N–H and O–H groups in total. The van der Waals surface area contributed by atoms with E-state index in [0.29, 0.717) is 11.5 Å². The molecule has 0 fully saturated rings. The molecule has 0 amide bonds. The zero-order chi connectivity index (χ0) is 14.8. The molecule has 3 aromatic carbocycles. The third-order valence-electron chi connectivity index (χ3n) is 3.40. The van der Waals surface area contributed by atoms with E-state index in [1.54, 1.807) is 12.1 Å². The summed E-state index contributed by atoms with van der Waals surface area (Å²) in [5, 5.41) is 11.7. The number of fused-ring (bicyclic) bond motifs is 1. The lowest BCUT2D eigenvalue weighted by Gasteiger charge is -2.15. The van der Waals surface area contributed by atoms with Crippen LogP contribution in [0.15, 0.2) is 60.7 Å². The summed E-state index contributed by atoms with van der Waals surface area (Å²) in [7, 11) is 0. The number of hydrogen-bond acceptors (Lipinski definition) is 2. The first-order chi connectivity index (χ1) is 10.2. The highest BCUT2D eigenvalue weighted by molar-refractivity contribution is 5.88. The molecule has 3 heteroatoms. The summed E-state index contributed by atoms with van der Waals surface area (Å²) in [5.74, 6) is 0.504. The molecule has 2 nitrogen and oxygen atoms in total. The first-order valence-corrected chi connectivity index (χ1v) is 6.79. The Morgan fingerprint density at radius 2 is 1.57 bits per heavy atom. The molecule has 0 saturated carbocycles. The Hall–Kier alpha value is -2.39. The van der Waals surface area contributed by atoms with Crippen LogP contribution in [0.4, 0.5) is 4.39 Å². The van der Waals surface area contributed by atoms with Crippen molar-refractivity contribution in [3.63, 3.8) is 0 Å². The van der Waals surface area contributed by atoms with Crippen LogP contribution in [0.2, 0.25) is 0 Å². The molecule has 0 aromatic heterocycles. The van der Waals surface area contributed by atoms with Crippen molar-refractivity contribution >= 4 is 10.8 Å². The minimum atomic E-state index is -0.934. The molecule has 0 saturated heterocycles. The van der Waals surface area contributed by atoms with Crippen LogP contribution in [0, 0.1) is 5.82 Å². The van der Waals surface area contributed by atoms with Gasteiger partial charge in [-0.3, -0.25) is 0 Å². The zero-order valence-corrected chi connectivity index (χ0v) is 11.6. The number of rotatable bonds is 3. The summed E-state index contributed by atoms with van der Waals surface area (Å²) in [5.41, 5.74) is 0.172. The van der Waals surface area contributed by atoms with E-state index in [9.17, 15) is 9.50 Å². The number of halogens is 1. The molecule has 0 heterocycles. The Morgan fingerprint density at radius 3 is 2.38 bits per heavy atom. The first-order valence-electron chi connectivity index (χ1n) is 6.79. The molecule has 0 bridgehead atoms. The van der Waals surface area contributed by atoms with Crippen molar-refractivity contribution in [2.75, 3.05) is 0 Å². The first kappa shape index (κ1) is 13.6. The Balaban J connectivity index is 2.09. The Bertz CT molecular complexity index is 776. The molecule has 0 unspecified atom stereocenters. The lowest BCUT2D eigenvalue weighted by Crippen LogP contribution is -2.00. The quantitative estimate of drug-likeness (QED) is 0.746. The molecule has 0 radical (unpaired) electrons. The second-order valence-corrected chi connectivity index (χ2v) is 4.91. The monoisotopic (exact) mass is 282 g/mol. The van der Waals surface area contributed by atoms with Gasteiger partial charge in [-0.25, -0.2) is 4.39 Å². The summed E-state index contributed by atoms with van der Waals surface area (Å²) in [6, 6.07) is 18.1. The van der Waals surface area contributed by atoms with Gasteiger partial charge in [-0.05, 0) is 30.5 Å². The highest BCUT2D eigenvalue weighted by Gasteiger charge is 2.15. The van der Waals surface area contributed by atoms with Gasteiger partial charge >= 0.3 is 0 Å². The lowest BCUT2D eigenvalue weighted by molar-refractivity contribution is 0.190. The normalized spacial score (nSPS) is 12.3. The van der Waals surface area contributed by atoms with Crippen LogP contribution < -0.4 is 4.74 Å². The minimum Gasteiger partial charge on any atom is -0.456 e. The van der Waals surface area contributed by atoms with E-state index in [-0.39, 0.29) is 5.56 Å². The van der Waals surface area contributed by atoms with Gasteiger partial charge in [-0.2, -0.15) is 0 Å². The van der Waals surface area contributed by atoms with Crippen molar-refractivity contribution in [1.29, 1.82) is 0 Å². The predicted octanol–water partition coefficient (Wildman–Crippen LogP) is 4.82. The molecule has 106 valence electrons. The number of aliphatic hydroxyl groups excluding tert-OH is 1. The maximum absolute atomic E-state index is 13.9. The fraction of sp³-hybridized carbons (Fsp3) is 0.111. The number of benzene rings is 3. The maximum Gasteiger partial charge on any atom is 0.136 e. The van der Waals surface area contributed by atoms with E-state index in [1.165, 1.54) is 13.0 Å². The van der Waals surface area contributed by atoms with Gasteiger partial charge in [-0.15, -0.1) is 0 Å². The third-order valence-corrected chi connectivity index (χ3v) is 3.40. The molecule has 0 aliphatic heterocycles. The third kappa shape index (κ3) is 2.60. The summed E-state index contributed by atoms with van der Waals surface area (Å²) < 4.78 is 19.7. The molecule has 3 aromatic rings. The van der Waals surface area contributed by atoms with Crippen molar-refractivity contribution in [3.8, 4) is 11.5 Å². The fourth-order valence-electron chi connectivity index (χ4n) is 2.41. The van der Waals surface area contributed by atoms with Crippen molar-refractivity contribution < 1.29 is 14.2 Å². The standard InChI is InChI=1S/C18H15FO2/c1-12(20)18-15(19)9-5-11-17(18)21-16-10-4-7-13-6-2-3-8-14(13)16/h2-12,20H,1H3/t12-/m1/s1. The van der Waals surface area contributed by atoms with E-state index in [4.69, 9.17) is 4.74 Å². The molecule has 3 rings (SSSR count). The number of aliphatic hydroxyl groups is 1. The van der Waals surface area contributed by atoms with Crippen LogP contribution in [0.3, 0.4) is 0 Å². The average Bonchev–Trinajstić information content (AvgIpc) is 2.47. The minimum absolute atomic E-state index is 0.172. The smallest absolute Gasteiger partial charge is 0.136 e. The maximum atomic E-state index is 13.9. The van der Waals surface area contributed by atoms with Crippen LogP contribution >= 0.6 is 0 Å². The lowest BCUT2D eigenvalue weighted by atomic mass is 10.1. The van der Waals surface area contributed by atoms with Crippen molar-refractivity contribution in [3.05, 3.63) is 72.0 Å². The van der Waals surface area contributed by atoms with Gasteiger partial charge in [0.25, 0.3) is 0 Å². The Labute approximate surface area is 122 Å². The van der Waals surface area contributed by atoms with Crippen molar-refractivity contribution in [1.82, 2.24) is 0 Å². The second kappa shape index (κ2) is 5.54. The molecule has 0 aliphatic rings. The molecular formula is C18H15FO2. The summed E-state index contributed by atoms with van der Waals surface area (Å²) in [6.07, 6.45) is -0.934. The van der Waals surface area contributed by atoms with Crippen molar-refractivity contribution in [2.45, 2.75) is 13.0 Å². The predicted molar refractivity (Wildman–Crippen MR) is 81.1 cm³/mol. The molecule has 0 spiro atoms. The molecule has 0 aliphatic carbocycles. The fourth-order valence-corrected chi connectivity index (χ4v) is 2.41. The van der Waals surface area contributed by atoms with E-state index < -0.39 is 11.9 Å². The SMILES string of the molecule is C[C@@H](O)c1c(F)cccc1Oc1cccc2ccccc12. The van der Waals surface area contributed by atoms with Gasteiger partial charge in [-0.1, -0.05) is 42.5 Å². The van der Waals surface area contributed by atoms with Crippen LogP contribution in [0.25, 0.3) is 10.8 Å². The number of ether oxygens (including phenoxy) is 1. The topological polar surface area (TPSA) is 29.5 Å². The van der Waals surface area contributed by atoms with Crippen LogP contribution in [-0.4, -0.2) is 5.11 Å². The molecular weight excluding hydrogens is 267 g/mol. The highest BCUT2D eigenvalue weighted by Crippen LogP contribution is 2.34. The van der Waals surface area contributed by atoms with Gasteiger partial charge in [0.15, 0.2) is 0 Å². The summed E-state index contributed by atoms with van der Waals surface area (Å²) >= 11 is 0. The van der Waals surface area contributed by atoms with Gasteiger partial charge in [0, 0.05) is 5.39 Å². The van der Waals surface area contributed by atoms with Gasteiger partial charge in [0.05, 0.1) is 11.7 Å². The van der Waals surface area contributed by atoms with Crippen molar-refractivity contribution in [2.24, 2.45) is 0 Å². The molecule has 1 atom stereocenters. The summed E-state index contributed by atoms with van der Waals surface area (Å²) in [6.45, 7) is 1.52. The van der Waals surface area contributed by atoms with E-state index in [0.717, 1.165) is 10.8 Å². The van der Waals surface area contributed by atoms with E-state index >= 15 is 0 Å². The second-order valence-electron chi connectivity index (χ2n) is 4.91. The Kier molecular flexibility index (Phi) is 3.59. The van der Waals surface area contributed by atoms with Crippen LogP contribution in [0.5, 0.6) is 11.5 Å². The van der Waals surface area contributed by atoms with Gasteiger partial charge < -0.3 is 9.84 Å². The van der Waals surface area contributed by atoms with Gasteiger partial charge in [0.2, 0.25) is 0 Å². The largest absolute Gasteiger partial charge is 0.456 e.